The van der Waals surface area contributed by atoms with Crippen LogP contribution in [0.1, 0.15) is 18.1 Å². The lowest BCUT2D eigenvalue weighted by atomic mass is 10.1. The van der Waals surface area contributed by atoms with E-state index in [2.05, 4.69) is 26.9 Å². The molecule has 5 heteroatoms. The molecule has 0 radical (unpaired) electrons. The van der Waals surface area contributed by atoms with Gasteiger partial charge in [-0.3, -0.25) is 9.69 Å². The molecule has 3 rings (SSSR count). The fourth-order valence-electron chi connectivity index (χ4n) is 3.26. The molecular formula is C20H23BrN2O2. The van der Waals surface area contributed by atoms with E-state index < -0.39 is 0 Å². The van der Waals surface area contributed by atoms with Gasteiger partial charge < -0.3 is 9.64 Å². The summed E-state index contributed by atoms with van der Waals surface area (Å²) in [6.07, 6.45) is 0.928. The number of amides is 1. The van der Waals surface area contributed by atoms with E-state index in [9.17, 15) is 4.79 Å². The van der Waals surface area contributed by atoms with Crippen molar-refractivity contribution in [2.75, 3.05) is 25.6 Å². The summed E-state index contributed by atoms with van der Waals surface area (Å²) in [6, 6.07) is 13.9. The first-order valence-electron chi connectivity index (χ1n) is 8.43. The summed E-state index contributed by atoms with van der Waals surface area (Å²) in [5.74, 6) is 0.975. The van der Waals surface area contributed by atoms with Crippen LogP contribution in [-0.4, -0.2) is 37.6 Å². The zero-order valence-electron chi connectivity index (χ0n) is 14.8. The Kier molecular flexibility index (Phi) is 5.45. The Morgan fingerprint density at radius 3 is 2.84 bits per heavy atom. The third-order valence-corrected chi connectivity index (χ3v) is 5.33. The molecule has 0 saturated heterocycles. The Morgan fingerprint density at radius 2 is 2.08 bits per heavy atom. The number of hydrogen-bond acceptors (Lipinski definition) is 3. The van der Waals surface area contributed by atoms with Crippen LogP contribution in [0.4, 0.5) is 5.69 Å². The summed E-state index contributed by atoms with van der Waals surface area (Å²) >= 11 is 3.50. The maximum Gasteiger partial charge on any atom is 0.244 e. The molecule has 1 aliphatic rings. The predicted octanol–water partition coefficient (Wildman–Crippen LogP) is 3.87. The maximum atomic E-state index is 13.0. The van der Waals surface area contributed by atoms with E-state index in [1.807, 2.05) is 55.3 Å². The summed E-state index contributed by atoms with van der Waals surface area (Å²) < 4.78 is 6.45. The highest BCUT2D eigenvalue weighted by molar-refractivity contribution is 9.10. The summed E-state index contributed by atoms with van der Waals surface area (Å²) in [7, 11) is 3.65. The van der Waals surface area contributed by atoms with Gasteiger partial charge in [0.05, 0.1) is 13.2 Å². The first-order chi connectivity index (χ1) is 12.0. The average molecular weight is 403 g/mol. The van der Waals surface area contributed by atoms with Crippen molar-refractivity contribution < 1.29 is 9.53 Å². The normalized spacial score (nSPS) is 14.5. The molecule has 0 aromatic heterocycles. The van der Waals surface area contributed by atoms with Crippen molar-refractivity contribution >= 4 is 27.5 Å². The van der Waals surface area contributed by atoms with Crippen LogP contribution >= 0.6 is 15.9 Å². The minimum absolute atomic E-state index is 0.140. The number of benzene rings is 2. The third-order valence-electron chi connectivity index (χ3n) is 4.83. The van der Waals surface area contributed by atoms with E-state index in [0.717, 1.165) is 34.4 Å². The molecule has 0 aliphatic carbocycles. The SMILES string of the molecule is COc1ccc(Br)cc1CN(C)[C@@H](C)C(=O)N1CCc2ccccc21. The predicted molar refractivity (Wildman–Crippen MR) is 104 cm³/mol. The zero-order valence-corrected chi connectivity index (χ0v) is 16.4. The van der Waals surface area contributed by atoms with Gasteiger partial charge in [-0.1, -0.05) is 34.1 Å². The minimum atomic E-state index is -0.213. The number of likely N-dealkylation sites (N-methyl/N-ethyl adjacent to an activating group) is 1. The van der Waals surface area contributed by atoms with Crippen molar-refractivity contribution in [1.82, 2.24) is 4.90 Å². The lowest BCUT2D eigenvalue weighted by molar-refractivity contribution is -0.122. The first kappa shape index (κ1) is 18.0. The van der Waals surface area contributed by atoms with Gasteiger partial charge in [0.25, 0.3) is 0 Å². The second kappa shape index (κ2) is 7.58. The van der Waals surface area contributed by atoms with E-state index in [0.29, 0.717) is 6.54 Å². The monoisotopic (exact) mass is 402 g/mol. The molecule has 0 fully saturated rings. The second-order valence-corrected chi connectivity index (χ2v) is 7.33. The molecule has 2 aromatic rings. The van der Waals surface area contributed by atoms with Crippen molar-refractivity contribution in [3.05, 3.63) is 58.1 Å². The van der Waals surface area contributed by atoms with Gasteiger partial charge in [-0.25, -0.2) is 0 Å². The van der Waals surface area contributed by atoms with E-state index in [1.165, 1.54) is 5.56 Å². The topological polar surface area (TPSA) is 32.8 Å². The van der Waals surface area contributed by atoms with Crippen molar-refractivity contribution in [2.45, 2.75) is 25.9 Å². The second-order valence-electron chi connectivity index (χ2n) is 6.42. The molecule has 0 bridgehead atoms. The van der Waals surface area contributed by atoms with Crippen LogP contribution in [0.15, 0.2) is 46.9 Å². The highest BCUT2D eigenvalue weighted by Gasteiger charge is 2.29. The van der Waals surface area contributed by atoms with E-state index in [4.69, 9.17) is 4.74 Å². The number of carbonyl (C=O) groups excluding carboxylic acids is 1. The van der Waals surface area contributed by atoms with Crippen LogP contribution in [-0.2, 0) is 17.8 Å². The van der Waals surface area contributed by atoms with Gasteiger partial charge in [0, 0.05) is 28.8 Å². The van der Waals surface area contributed by atoms with Crippen LogP contribution < -0.4 is 9.64 Å². The number of carbonyl (C=O) groups is 1. The van der Waals surface area contributed by atoms with Gasteiger partial charge in [0.1, 0.15) is 5.75 Å². The van der Waals surface area contributed by atoms with Crippen LogP contribution in [0.25, 0.3) is 0 Å². The quantitative estimate of drug-likeness (QED) is 0.760. The summed E-state index contributed by atoms with van der Waals surface area (Å²) in [5.41, 5.74) is 3.35. The lowest BCUT2D eigenvalue weighted by Gasteiger charge is -2.29. The number of anilines is 1. The Bertz CT molecular complexity index is 778. The van der Waals surface area contributed by atoms with Crippen LogP contribution in [0.2, 0.25) is 0 Å². The van der Waals surface area contributed by atoms with Gasteiger partial charge >= 0.3 is 0 Å². The standard InChI is InChI=1S/C20H23BrN2O2/c1-14(20(24)23-11-10-15-6-4-5-7-18(15)23)22(2)13-16-12-17(21)8-9-19(16)25-3/h4-9,12,14H,10-11,13H2,1-3H3/t14-/m0/s1. The summed E-state index contributed by atoms with van der Waals surface area (Å²) in [4.78, 5) is 17.0. The number of ether oxygens (including phenoxy) is 1. The Hall–Kier alpha value is -1.85. The molecule has 0 unspecified atom stereocenters. The highest BCUT2D eigenvalue weighted by atomic mass is 79.9. The number of nitrogens with zero attached hydrogens (tertiary/aromatic N) is 2. The van der Waals surface area contributed by atoms with Gasteiger partial charge in [0.15, 0.2) is 0 Å². The fraction of sp³-hybridized carbons (Fsp3) is 0.350. The van der Waals surface area contributed by atoms with Crippen LogP contribution in [0, 0.1) is 0 Å². The number of halogens is 1. The van der Waals surface area contributed by atoms with E-state index in [1.54, 1.807) is 7.11 Å². The molecule has 25 heavy (non-hydrogen) atoms. The Labute approximate surface area is 157 Å². The van der Waals surface area contributed by atoms with Gasteiger partial charge in [-0.15, -0.1) is 0 Å². The molecule has 2 aromatic carbocycles. The van der Waals surface area contributed by atoms with Crippen molar-refractivity contribution in [1.29, 1.82) is 0 Å². The summed E-state index contributed by atoms with van der Waals surface area (Å²) in [5, 5.41) is 0. The molecule has 1 amide bonds. The fourth-order valence-corrected chi connectivity index (χ4v) is 3.67. The number of fused-ring (bicyclic) bond motifs is 1. The Balaban J connectivity index is 1.74. The molecule has 1 heterocycles. The van der Waals surface area contributed by atoms with Gasteiger partial charge in [-0.2, -0.15) is 0 Å². The molecule has 0 spiro atoms. The van der Waals surface area contributed by atoms with E-state index >= 15 is 0 Å². The zero-order chi connectivity index (χ0) is 18.0. The number of methoxy groups -OCH3 is 1. The molecule has 1 atom stereocenters. The molecule has 0 saturated carbocycles. The number of rotatable bonds is 5. The molecule has 132 valence electrons. The largest absolute Gasteiger partial charge is 0.496 e. The molecular weight excluding hydrogens is 380 g/mol. The third kappa shape index (κ3) is 3.72. The number of para-hydroxylation sites is 1. The molecule has 4 nitrogen and oxygen atoms in total. The van der Waals surface area contributed by atoms with Crippen LogP contribution in [0.5, 0.6) is 5.75 Å². The Morgan fingerprint density at radius 1 is 1.32 bits per heavy atom. The highest BCUT2D eigenvalue weighted by Crippen LogP contribution is 2.29. The maximum absolute atomic E-state index is 13.0. The summed E-state index contributed by atoms with van der Waals surface area (Å²) in [6.45, 7) is 3.37. The van der Waals surface area contributed by atoms with Crippen molar-refractivity contribution in [3.63, 3.8) is 0 Å². The molecule has 0 N–H and O–H groups in total. The van der Waals surface area contributed by atoms with Gasteiger partial charge in [-0.05, 0) is 50.2 Å². The van der Waals surface area contributed by atoms with Crippen molar-refractivity contribution in [3.8, 4) is 5.75 Å². The average Bonchev–Trinajstić information content (AvgIpc) is 3.04. The smallest absolute Gasteiger partial charge is 0.244 e. The van der Waals surface area contributed by atoms with E-state index in [-0.39, 0.29) is 11.9 Å². The van der Waals surface area contributed by atoms with Crippen molar-refractivity contribution in [2.24, 2.45) is 0 Å². The number of hydrogen-bond donors (Lipinski definition) is 0. The lowest BCUT2D eigenvalue weighted by Crippen LogP contribution is -2.45. The van der Waals surface area contributed by atoms with Gasteiger partial charge in [0.2, 0.25) is 5.91 Å². The van der Waals surface area contributed by atoms with Crippen LogP contribution in [0.3, 0.4) is 0 Å². The first-order valence-corrected chi connectivity index (χ1v) is 9.22. The minimum Gasteiger partial charge on any atom is -0.496 e. The molecule has 1 aliphatic heterocycles.